The van der Waals surface area contributed by atoms with Gasteiger partial charge in [0.25, 0.3) is 5.56 Å². The molecule has 1 N–H and O–H groups in total. The first kappa shape index (κ1) is 28.1. The van der Waals surface area contributed by atoms with Crippen LogP contribution in [0, 0.1) is 0 Å². The van der Waals surface area contributed by atoms with E-state index in [4.69, 9.17) is 16.6 Å². The molecule has 2 aromatic carbocycles. The lowest BCUT2D eigenvalue weighted by atomic mass is 10.1. The van der Waals surface area contributed by atoms with E-state index < -0.39 is 0 Å². The molecule has 0 saturated carbocycles. The zero-order valence-corrected chi connectivity index (χ0v) is 23.8. The number of nitrogens with zero attached hydrogens (tertiary/aromatic N) is 5. The summed E-state index contributed by atoms with van der Waals surface area (Å²) in [6.07, 6.45) is 1.06. The van der Waals surface area contributed by atoms with E-state index in [1.54, 1.807) is 12.1 Å². The first-order chi connectivity index (χ1) is 18.1. The molecule has 1 atom stereocenters. The van der Waals surface area contributed by atoms with Gasteiger partial charge >= 0.3 is 0 Å². The number of nitrogens with one attached hydrogen (secondary N) is 1. The summed E-state index contributed by atoms with van der Waals surface area (Å²) in [4.78, 5) is 38.5. The number of carbonyl (C=O) groups is 1. The molecule has 0 radical (unpaired) electrons. The number of carbonyl (C=O) groups excluding carboxylic acids is 1. The van der Waals surface area contributed by atoms with Crippen LogP contribution in [-0.2, 0) is 11.3 Å². The molecule has 1 aromatic heterocycles. The lowest BCUT2D eigenvalue weighted by molar-refractivity contribution is -0.122. The Bertz CT molecular complexity index is 1340. The predicted molar refractivity (Wildman–Crippen MR) is 156 cm³/mol. The molecular formula is C29H39ClN6O2. The molecule has 3 aromatic rings. The van der Waals surface area contributed by atoms with E-state index in [-0.39, 0.29) is 24.1 Å². The summed E-state index contributed by atoms with van der Waals surface area (Å²) in [5, 5.41) is 3.93. The number of aromatic nitrogens is 2. The fourth-order valence-corrected chi connectivity index (χ4v) is 5.38. The van der Waals surface area contributed by atoms with Crippen LogP contribution in [0.2, 0.25) is 5.02 Å². The number of amides is 1. The molecule has 1 unspecified atom stereocenters. The van der Waals surface area contributed by atoms with Crippen LogP contribution in [0.5, 0.6) is 0 Å². The summed E-state index contributed by atoms with van der Waals surface area (Å²) in [7, 11) is 4.22. The fourth-order valence-electron chi connectivity index (χ4n) is 5.19. The van der Waals surface area contributed by atoms with Crippen molar-refractivity contribution in [3.63, 3.8) is 0 Å². The molecule has 1 saturated heterocycles. The van der Waals surface area contributed by atoms with Crippen molar-refractivity contribution >= 4 is 34.1 Å². The lowest BCUT2D eigenvalue weighted by Gasteiger charge is -2.30. The Morgan fingerprint density at radius 2 is 1.87 bits per heavy atom. The average Bonchev–Trinajstić information content (AvgIpc) is 3.11. The quantitative estimate of drug-likeness (QED) is 0.471. The molecule has 0 spiro atoms. The number of fused-ring (bicyclic) bond motifs is 1. The summed E-state index contributed by atoms with van der Waals surface area (Å²) in [5.41, 5.74) is 2.07. The highest BCUT2D eigenvalue weighted by atomic mass is 35.5. The van der Waals surface area contributed by atoms with Gasteiger partial charge in [0, 0.05) is 61.1 Å². The normalized spacial score (nSPS) is 15.7. The predicted octanol–water partition coefficient (Wildman–Crippen LogP) is 3.70. The van der Waals surface area contributed by atoms with Crippen molar-refractivity contribution in [2.24, 2.45) is 0 Å². The van der Waals surface area contributed by atoms with E-state index in [0.717, 1.165) is 44.8 Å². The Labute approximate surface area is 230 Å². The topological polar surface area (TPSA) is 73.7 Å². The standard InChI is InChI=1S/C29H39ClN6O2/c1-20(2)31-27(37)19-36-28(22-8-6-9-23(30)16-22)32-26-11-10-24(17-25(26)29(36)38)35-13-7-12-34(14-15-35)21(3)18-33(4)5/h6,8-11,16-17,20-21H,7,12-15,18-19H2,1-5H3,(H,31,37). The van der Waals surface area contributed by atoms with Gasteiger partial charge in [0.2, 0.25) is 5.91 Å². The molecule has 4 rings (SSSR count). The maximum Gasteiger partial charge on any atom is 0.262 e. The van der Waals surface area contributed by atoms with Crippen molar-refractivity contribution in [1.29, 1.82) is 0 Å². The van der Waals surface area contributed by atoms with Crippen molar-refractivity contribution < 1.29 is 4.79 Å². The smallest absolute Gasteiger partial charge is 0.262 e. The SMILES string of the molecule is CC(C)NC(=O)Cn1c(-c2cccc(Cl)c2)nc2ccc(N3CCCN(C(C)CN(C)C)CC3)cc2c1=O. The highest BCUT2D eigenvalue weighted by Gasteiger charge is 2.21. The van der Waals surface area contributed by atoms with Crippen LogP contribution in [-0.4, -0.2) is 84.2 Å². The van der Waals surface area contributed by atoms with Gasteiger partial charge in [-0.3, -0.25) is 19.1 Å². The molecule has 9 heteroatoms. The van der Waals surface area contributed by atoms with Crippen LogP contribution in [0.25, 0.3) is 22.3 Å². The summed E-state index contributed by atoms with van der Waals surface area (Å²) in [6.45, 7) is 10.8. The lowest BCUT2D eigenvalue weighted by Crippen LogP contribution is -2.42. The molecule has 1 fully saturated rings. The number of rotatable bonds is 8. The Morgan fingerprint density at radius 3 is 2.58 bits per heavy atom. The molecule has 0 aliphatic carbocycles. The average molecular weight is 539 g/mol. The molecule has 204 valence electrons. The Morgan fingerprint density at radius 1 is 1.08 bits per heavy atom. The van der Waals surface area contributed by atoms with Crippen LogP contribution < -0.4 is 15.8 Å². The van der Waals surface area contributed by atoms with Crippen LogP contribution in [0.15, 0.2) is 47.3 Å². The van der Waals surface area contributed by atoms with Gasteiger partial charge in [0.1, 0.15) is 12.4 Å². The summed E-state index contributed by atoms with van der Waals surface area (Å²) >= 11 is 6.25. The van der Waals surface area contributed by atoms with Gasteiger partial charge < -0.3 is 15.1 Å². The number of likely N-dealkylation sites (N-methyl/N-ethyl adjacent to an activating group) is 1. The van der Waals surface area contributed by atoms with Crippen molar-refractivity contribution in [3.8, 4) is 11.4 Å². The van der Waals surface area contributed by atoms with E-state index in [1.165, 1.54) is 4.57 Å². The van der Waals surface area contributed by atoms with Gasteiger partial charge in [-0.1, -0.05) is 23.7 Å². The maximum absolute atomic E-state index is 13.9. The largest absolute Gasteiger partial charge is 0.370 e. The second-order valence-corrected chi connectivity index (χ2v) is 11.2. The number of hydrogen-bond acceptors (Lipinski definition) is 6. The van der Waals surface area contributed by atoms with Crippen LogP contribution in [0.4, 0.5) is 5.69 Å². The monoisotopic (exact) mass is 538 g/mol. The minimum absolute atomic E-state index is 0.0316. The van der Waals surface area contributed by atoms with Crippen LogP contribution in [0.1, 0.15) is 27.2 Å². The van der Waals surface area contributed by atoms with E-state index in [9.17, 15) is 9.59 Å². The second-order valence-electron chi connectivity index (χ2n) is 10.7. The Kier molecular flexibility index (Phi) is 9.07. The maximum atomic E-state index is 13.9. The Hall–Kier alpha value is -2.94. The van der Waals surface area contributed by atoms with Crippen LogP contribution in [0.3, 0.4) is 0 Å². The van der Waals surface area contributed by atoms with E-state index in [1.807, 2.05) is 44.2 Å². The second kappa shape index (κ2) is 12.3. The zero-order valence-electron chi connectivity index (χ0n) is 23.1. The summed E-state index contributed by atoms with van der Waals surface area (Å²) in [5.74, 6) is 0.194. The molecule has 0 bridgehead atoms. The number of anilines is 1. The first-order valence-electron chi connectivity index (χ1n) is 13.4. The minimum atomic E-state index is -0.234. The first-order valence-corrected chi connectivity index (χ1v) is 13.7. The molecule has 8 nitrogen and oxygen atoms in total. The zero-order chi connectivity index (χ0) is 27.4. The van der Waals surface area contributed by atoms with Crippen molar-refractivity contribution in [1.82, 2.24) is 24.7 Å². The third kappa shape index (κ3) is 6.73. The number of benzene rings is 2. The highest BCUT2D eigenvalue weighted by Crippen LogP contribution is 2.25. The van der Waals surface area contributed by atoms with E-state index >= 15 is 0 Å². The van der Waals surface area contributed by atoms with Gasteiger partial charge in [0.05, 0.1) is 10.9 Å². The summed E-state index contributed by atoms with van der Waals surface area (Å²) < 4.78 is 1.46. The van der Waals surface area contributed by atoms with Gasteiger partial charge in [-0.15, -0.1) is 0 Å². The molecule has 38 heavy (non-hydrogen) atoms. The van der Waals surface area contributed by atoms with Gasteiger partial charge in [-0.25, -0.2) is 4.98 Å². The van der Waals surface area contributed by atoms with Gasteiger partial charge in [0.15, 0.2) is 0 Å². The van der Waals surface area contributed by atoms with Crippen molar-refractivity contribution in [2.75, 3.05) is 51.7 Å². The van der Waals surface area contributed by atoms with Crippen LogP contribution >= 0.6 is 11.6 Å². The fraction of sp³-hybridized carbons (Fsp3) is 0.483. The number of halogens is 1. The molecule has 1 aliphatic rings. The molecule has 1 amide bonds. The summed E-state index contributed by atoms with van der Waals surface area (Å²) in [6, 6.07) is 13.6. The Balaban J connectivity index is 1.69. The van der Waals surface area contributed by atoms with Crippen molar-refractivity contribution in [3.05, 3.63) is 57.8 Å². The van der Waals surface area contributed by atoms with E-state index in [2.05, 4.69) is 41.0 Å². The van der Waals surface area contributed by atoms with Gasteiger partial charge in [-0.05, 0) is 71.6 Å². The minimum Gasteiger partial charge on any atom is -0.370 e. The molecule has 1 aliphatic heterocycles. The van der Waals surface area contributed by atoms with Crippen molar-refractivity contribution in [2.45, 2.75) is 45.8 Å². The van der Waals surface area contributed by atoms with E-state index in [0.29, 0.717) is 33.4 Å². The molecular weight excluding hydrogens is 500 g/mol. The highest BCUT2D eigenvalue weighted by molar-refractivity contribution is 6.30. The van der Waals surface area contributed by atoms with Gasteiger partial charge in [-0.2, -0.15) is 0 Å². The third-order valence-corrected chi connectivity index (χ3v) is 7.16. The molecule has 2 heterocycles. The third-order valence-electron chi connectivity index (χ3n) is 6.92. The number of hydrogen-bond donors (Lipinski definition) is 1.